The molecule has 0 saturated carbocycles. The summed E-state index contributed by atoms with van der Waals surface area (Å²) in [6, 6.07) is 24.4. The lowest BCUT2D eigenvalue weighted by Crippen LogP contribution is -2.39. The molecule has 0 saturated heterocycles. The van der Waals surface area contributed by atoms with Crippen molar-refractivity contribution in [1.29, 1.82) is 0 Å². The Bertz CT molecular complexity index is 1690. The van der Waals surface area contributed by atoms with Crippen molar-refractivity contribution in [1.82, 2.24) is 9.88 Å². The molecule has 0 unspecified atom stereocenters. The van der Waals surface area contributed by atoms with E-state index in [4.69, 9.17) is 0 Å². The van der Waals surface area contributed by atoms with Gasteiger partial charge in [-0.15, -0.1) is 0 Å². The molecular weight excluding hydrogens is 548 g/mol. The van der Waals surface area contributed by atoms with E-state index in [2.05, 4.69) is 74.0 Å². The molecule has 8 nitrogen and oxygen atoms in total. The SMILES string of the molecule is C=[N+](C)/C=C\NCC([O-])=Nc1ccc(C(C)(C)c2cccc(C(C)(C)c3ccc(N=C([O-])c4n(C)cc[n+]4C)cc3)c2)cc1. The minimum absolute atomic E-state index is 0.113. The van der Waals surface area contributed by atoms with Gasteiger partial charge in [0.1, 0.15) is 26.2 Å². The first-order valence-corrected chi connectivity index (χ1v) is 14.6. The van der Waals surface area contributed by atoms with Gasteiger partial charge in [0.15, 0.2) is 6.20 Å². The predicted molar refractivity (Wildman–Crippen MR) is 174 cm³/mol. The molecule has 0 atom stereocenters. The number of hydrogen-bond donors (Lipinski definition) is 1. The van der Waals surface area contributed by atoms with Crippen LogP contribution in [-0.4, -0.2) is 41.2 Å². The molecule has 0 fully saturated rings. The Morgan fingerprint density at radius 1 is 0.886 bits per heavy atom. The molecule has 0 radical (unpaired) electrons. The second-order valence-electron chi connectivity index (χ2n) is 12.1. The summed E-state index contributed by atoms with van der Waals surface area (Å²) in [5, 5.41) is 27.9. The zero-order chi connectivity index (χ0) is 32.1. The van der Waals surface area contributed by atoms with Gasteiger partial charge in [0.25, 0.3) is 5.82 Å². The molecule has 4 rings (SSSR count). The van der Waals surface area contributed by atoms with Crippen molar-refractivity contribution in [2.45, 2.75) is 38.5 Å². The Hall–Kier alpha value is -4.98. The van der Waals surface area contributed by atoms with Gasteiger partial charge in [-0.2, -0.15) is 0 Å². The van der Waals surface area contributed by atoms with E-state index in [0.717, 1.165) is 11.1 Å². The van der Waals surface area contributed by atoms with E-state index in [1.165, 1.54) is 11.1 Å². The summed E-state index contributed by atoms with van der Waals surface area (Å²) in [5.41, 5.74) is 5.30. The summed E-state index contributed by atoms with van der Waals surface area (Å²) in [7, 11) is 5.47. The molecule has 8 heteroatoms. The molecule has 0 aliphatic carbocycles. The van der Waals surface area contributed by atoms with E-state index in [0.29, 0.717) is 17.2 Å². The third kappa shape index (κ3) is 7.32. The lowest BCUT2D eigenvalue weighted by molar-refractivity contribution is -0.674. The Morgan fingerprint density at radius 2 is 1.41 bits per heavy atom. The Morgan fingerprint density at radius 3 is 1.89 bits per heavy atom. The smallest absolute Gasteiger partial charge is 0.292 e. The number of aliphatic imine (C=N–C) groups is 2. The summed E-state index contributed by atoms with van der Waals surface area (Å²) in [6.07, 6.45) is 7.06. The first-order valence-electron chi connectivity index (χ1n) is 14.6. The quantitative estimate of drug-likeness (QED) is 0.164. The van der Waals surface area contributed by atoms with Crippen LogP contribution in [0.5, 0.6) is 0 Å². The van der Waals surface area contributed by atoms with Crippen LogP contribution in [0.25, 0.3) is 0 Å². The van der Waals surface area contributed by atoms with E-state index in [1.54, 1.807) is 33.2 Å². The molecule has 1 N–H and O–H groups in total. The number of imidazole rings is 1. The Kier molecular flexibility index (Phi) is 9.53. The van der Waals surface area contributed by atoms with Gasteiger partial charge in [-0.25, -0.2) is 13.7 Å². The molecular formula is C36H42N6O2. The Labute approximate surface area is 260 Å². The second-order valence-corrected chi connectivity index (χ2v) is 12.1. The van der Waals surface area contributed by atoms with Crippen molar-refractivity contribution < 1.29 is 19.4 Å². The predicted octanol–water partition coefficient (Wildman–Crippen LogP) is 3.73. The fourth-order valence-electron chi connectivity index (χ4n) is 5.10. The molecule has 1 heterocycles. The second kappa shape index (κ2) is 13.1. The van der Waals surface area contributed by atoms with Crippen LogP contribution >= 0.6 is 0 Å². The first kappa shape index (κ1) is 31.9. The average molecular weight is 591 g/mol. The van der Waals surface area contributed by atoms with E-state index in [1.807, 2.05) is 75.0 Å². The van der Waals surface area contributed by atoms with Crippen LogP contribution in [0.3, 0.4) is 0 Å². The highest BCUT2D eigenvalue weighted by atomic mass is 16.3. The minimum atomic E-state index is -0.283. The highest BCUT2D eigenvalue weighted by Gasteiger charge is 2.28. The fourth-order valence-corrected chi connectivity index (χ4v) is 5.10. The summed E-state index contributed by atoms with van der Waals surface area (Å²) in [5.74, 6) is -0.00863. The third-order valence-corrected chi connectivity index (χ3v) is 8.04. The molecule has 0 aliphatic heterocycles. The van der Waals surface area contributed by atoms with Crippen molar-refractivity contribution in [2.24, 2.45) is 24.1 Å². The standard InChI is InChI=1S/C36H42N6O2/c1-35(2,26-12-16-30(17-13-26)38-32(43)25-37-20-21-40(5)6)28-10-9-11-29(24-28)36(3,4)27-14-18-31(19-15-27)39-33(44)34-41(7)22-23-42(34)8/h9-24,37H,5,25H2,1-4,6-8H3/b21-20-. The number of hydrogen-bond acceptors (Lipinski definition) is 5. The van der Waals surface area contributed by atoms with Crippen molar-refractivity contribution in [3.8, 4) is 0 Å². The zero-order valence-electron chi connectivity index (χ0n) is 26.7. The summed E-state index contributed by atoms with van der Waals surface area (Å²) in [4.78, 5) is 8.53. The normalized spacial score (nSPS) is 13.0. The van der Waals surface area contributed by atoms with Gasteiger partial charge < -0.3 is 15.5 Å². The van der Waals surface area contributed by atoms with Gasteiger partial charge in [0, 0.05) is 17.4 Å². The van der Waals surface area contributed by atoms with Gasteiger partial charge in [-0.05, 0) is 52.4 Å². The minimum Gasteiger partial charge on any atom is -0.860 e. The van der Waals surface area contributed by atoms with Crippen molar-refractivity contribution in [3.05, 3.63) is 126 Å². The summed E-state index contributed by atoms with van der Waals surface area (Å²) >= 11 is 0. The molecule has 3 aromatic carbocycles. The molecule has 228 valence electrons. The van der Waals surface area contributed by atoms with E-state index >= 15 is 0 Å². The lowest BCUT2D eigenvalue weighted by Gasteiger charge is -2.31. The van der Waals surface area contributed by atoms with Gasteiger partial charge in [-0.3, -0.25) is 9.98 Å². The zero-order valence-corrected chi connectivity index (χ0v) is 26.7. The van der Waals surface area contributed by atoms with Crippen LogP contribution < -0.4 is 20.1 Å². The number of aryl methyl sites for hydroxylation is 2. The fraction of sp³-hybridized carbons (Fsp3) is 0.278. The van der Waals surface area contributed by atoms with Crippen LogP contribution in [0.15, 0.2) is 108 Å². The van der Waals surface area contributed by atoms with E-state index in [-0.39, 0.29) is 29.2 Å². The lowest BCUT2D eigenvalue weighted by atomic mass is 9.73. The maximum absolute atomic E-state index is 12.8. The molecule has 44 heavy (non-hydrogen) atoms. The maximum Gasteiger partial charge on any atom is 0.292 e. The van der Waals surface area contributed by atoms with Crippen LogP contribution in [0, 0.1) is 0 Å². The monoisotopic (exact) mass is 590 g/mol. The topological polar surface area (TPSA) is 94.7 Å². The van der Waals surface area contributed by atoms with Crippen LogP contribution in [0.2, 0.25) is 0 Å². The number of rotatable bonds is 11. The van der Waals surface area contributed by atoms with Crippen LogP contribution in [0.4, 0.5) is 11.4 Å². The number of nitrogens with zero attached hydrogens (tertiary/aromatic N) is 5. The van der Waals surface area contributed by atoms with Gasteiger partial charge in [-0.1, -0.05) is 76.2 Å². The molecule has 1 aromatic heterocycles. The summed E-state index contributed by atoms with van der Waals surface area (Å²) < 4.78 is 5.18. The number of aromatic nitrogens is 2. The highest BCUT2D eigenvalue weighted by molar-refractivity contribution is 5.87. The highest BCUT2D eigenvalue weighted by Crippen LogP contribution is 2.37. The number of benzene rings is 3. The summed E-state index contributed by atoms with van der Waals surface area (Å²) in [6.45, 7) is 12.6. The van der Waals surface area contributed by atoms with Gasteiger partial charge in [0.2, 0.25) is 0 Å². The van der Waals surface area contributed by atoms with Crippen molar-refractivity contribution >= 4 is 29.9 Å². The average Bonchev–Trinajstić information content (AvgIpc) is 3.33. The number of nitrogens with one attached hydrogen (secondary N) is 1. The Balaban J connectivity index is 1.51. The van der Waals surface area contributed by atoms with E-state index in [9.17, 15) is 10.2 Å². The molecule has 0 amide bonds. The van der Waals surface area contributed by atoms with Crippen LogP contribution in [-0.2, 0) is 24.9 Å². The van der Waals surface area contributed by atoms with Gasteiger partial charge in [0.05, 0.1) is 37.6 Å². The van der Waals surface area contributed by atoms with Crippen molar-refractivity contribution in [2.75, 3.05) is 13.6 Å². The first-order chi connectivity index (χ1) is 20.8. The molecule has 0 aliphatic rings. The van der Waals surface area contributed by atoms with Crippen LogP contribution in [0.1, 0.15) is 55.8 Å². The molecule has 0 bridgehead atoms. The molecule has 4 aromatic rings. The van der Waals surface area contributed by atoms with Crippen molar-refractivity contribution in [3.63, 3.8) is 0 Å². The van der Waals surface area contributed by atoms with E-state index < -0.39 is 0 Å². The molecule has 0 spiro atoms. The maximum atomic E-state index is 12.8. The largest absolute Gasteiger partial charge is 0.860 e. The third-order valence-electron chi connectivity index (χ3n) is 8.04. The van der Waals surface area contributed by atoms with Gasteiger partial charge >= 0.3 is 0 Å².